The zero-order chi connectivity index (χ0) is 13.1. The van der Waals surface area contributed by atoms with Crippen molar-refractivity contribution in [2.75, 3.05) is 18.0 Å². The summed E-state index contributed by atoms with van der Waals surface area (Å²) >= 11 is 5.72. The van der Waals surface area contributed by atoms with Crippen LogP contribution in [0.3, 0.4) is 0 Å². The predicted octanol–water partition coefficient (Wildman–Crippen LogP) is -0.0595. The zero-order valence-electron chi connectivity index (χ0n) is 8.81. The summed E-state index contributed by atoms with van der Waals surface area (Å²) in [6.45, 7) is -0.0654. The number of anilines is 1. The lowest BCUT2D eigenvalue weighted by molar-refractivity contribution is 0.0956. The molecule has 0 aliphatic rings. The van der Waals surface area contributed by atoms with Crippen LogP contribution < -0.4 is 16.2 Å². The lowest BCUT2D eigenvalue weighted by atomic mass is 10.2. The van der Waals surface area contributed by atoms with Crippen molar-refractivity contribution in [2.45, 2.75) is 0 Å². The van der Waals surface area contributed by atoms with E-state index < -0.39 is 15.9 Å². The van der Waals surface area contributed by atoms with Crippen LogP contribution in [0.15, 0.2) is 18.2 Å². The van der Waals surface area contributed by atoms with Gasteiger partial charge in [0.05, 0.1) is 5.75 Å². The van der Waals surface area contributed by atoms with Gasteiger partial charge in [0.25, 0.3) is 5.91 Å². The zero-order valence-corrected chi connectivity index (χ0v) is 10.4. The van der Waals surface area contributed by atoms with Gasteiger partial charge < -0.3 is 11.1 Å². The highest BCUT2D eigenvalue weighted by Gasteiger charge is 2.08. The lowest BCUT2D eigenvalue weighted by Crippen LogP contribution is -2.31. The number of amides is 1. The number of carbonyl (C=O) groups is 1. The van der Waals surface area contributed by atoms with Crippen LogP contribution in [0.1, 0.15) is 10.4 Å². The summed E-state index contributed by atoms with van der Waals surface area (Å²) in [5, 5.41) is 7.52. The first-order chi connectivity index (χ1) is 7.78. The molecule has 8 heteroatoms. The fourth-order valence-corrected chi connectivity index (χ4v) is 1.78. The molecule has 0 radical (unpaired) electrons. The Bertz CT molecular complexity index is 510. The van der Waals surface area contributed by atoms with Gasteiger partial charge in [-0.1, -0.05) is 11.6 Å². The molecule has 0 aromatic heterocycles. The molecule has 1 amide bonds. The SMILES string of the molecule is Nc1cc(Cl)cc(C(=O)NCCS(N)(=O)=O)c1. The second kappa shape index (κ2) is 5.35. The minimum atomic E-state index is -3.58. The van der Waals surface area contributed by atoms with Gasteiger partial charge in [-0.15, -0.1) is 0 Å². The predicted molar refractivity (Wildman–Crippen MR) is 66.2 cm³/mol. The average molecular weight is 278 g/mol. The maximum Gasteiger partial charge on any atom is 0.251 e. The van der Waals surface area contributed by atoms with E-state index >= 15 is 0 Å². The molecule has 0 fully saturated rings. The molecule has 6 nitrogen and oxygen atoms in total. The first kappa shape index (κ1) is 13.8. The number of hydrogen-bond acceptors (Lipinski definition) is 4. The fraction of sp³-hybridized carbons (Fsp3) is 0.222. The van der Waals surface area contributed by atoms with E-state index in [1.165, 1.54) is 18.2 Å². The number of hydrogen-bond donors (Lipinski definition) is 3. The van der Waals surface area contributed by atoms with Gasteiger partial charge in [0.1, 0.15) is 0 Å². The highest BCUT2D eigenvalue weighted by molar-refractivity contribution is 7.89. The largest absolute Gasteiger partial charge is 0.399 e. The second-order valence-corrected chi connectivity index (χ2v) is 5.57. The second-order valence-electron chi connectivity index (χ2n) is 3.40. The summed E-state index contributed by atoms with van der Waals surface area (Å²) in [4.78, 5) is 11.6. The maximum absolute atomic E-state index is 11.6. The molecule has 0 spiro atoms. The first-order valence-electron chi connectivity index (χ1n) is 4.63. The molecular weight excluding hydrogens is 266 g/mol. The Morgan fingerprint density at radius 2 is 2.00 bits per heavy atom. The van der Waals surface area contributed by atoms with E-state index in [2.05, 4.69) is 5.32 Å². The number of nitrogens with two attached hydrogens (primary N) is 2. The van der Waals surface area contributed by atoms with Crippen LogP contribution in [-0.2, 0) is 10.0 Å². The standard InChI is InChI=1S/C9H12ClN3O3S/c10-7-3-6(4-8(11)5-7)9(14)13-1-2-17(12,15)16/h3-5H,1-2,11H2,(H,13,14)(H2,12,15,16). The van der Waals surface area contributed by atoms with Crippen LogP contribution in [0.4, 0.5) is 5.69 Å². The summed E-state index contributed by atoms with van der Waals surface area (Å²) in [5.74, 6) is -0.780. The topological polar surface area (TPSA) is 115 Å². The highest BCUT2D eigenvalue weighted by Crippen LogP contribution is 2.16. The van der Waals surface area contributed by atoms with Crippen molar-refractivity contribution in [3.05, 3.63) is 28.8 Å². The first-order valence-corrected chi connectivity index (χ1v) is 6.72. The molecule has 0 saturated heterocycles. The smallest absolute Gasteiger partial charge is 0.251 e. The summed E-state index contributed by atoms with van der Waals surface area (Å²) in [6, 6.07) is 4.38. The molecule has 0 aliphatic heterocycles. The van der Waals surface area contributed by atoms with Gasteiger partial charge >= 0.3 is 0 Å². The molecule has 1 aromatic carbocycles. The summed E-state index contributed by atoms with van der Waals surface area (Å²) in [5.41, 5.74) is 6.14. The van der Waals surface area contributed by atoms with Gasteiger partial charge in [-0.3, -0.25) is 4.79 Å². The number of nitrogen functional groups attached to an aromatic ring is 1. The van der Waals surface area contributed by atoms with Crippen molar-refractivity contribution in [1.82, 2.24) is 5.32 Å². The van der Waals surface area contributed by atoms with Gasteiger partial charge in [0.15, 0.2) is 0 Å². The van der Waals surface area contributed by atoms with E-state index in [4.69, 9.17) is 22.5 Å². The van der Waals surface area contributed by atoms with E-state index in [0.717, 1.165) is 0 Å². The fourth-order valence-electron chi connectivity index (χ4n) is 1.15. The van der Waals surface area contributed by atoms with Crippen molar-refractivity contribution in [3.8, 4) is 0 Å². The number of sulfonamides is 1. The van der Waals surface area contributed by atoms with Crippen molar-refractivity contribution < 1.29 is 13.2 Å². The third kappa shape index (κ3) is 5.03. The lowest BCUT2D eigenvalue weighted by Gasteiger charge is -2.05. The molecule has 0 unspecified atom stereocenters. The normalized spacial score (nSPS) is 11.2. The van der Waals surface area contributed by atoms with Crippen LogP contribution in [0, 0.1) is 0 Å². The minimum Gasteiger partial charge on any atom is -0.399 e. The minimum absolute atomic E-state index is 0.0654. The molecular formula is C9H12ClN3O3S. The van der Waals surface area contributed by atoms with Crippen molar-refractivity contribution in [2.24, 2.45) is 5.14 Å². The van der Waals surface area contributed by atoms with Crippen molar-refractivity contribution in [1.29, 1.82) is 0 Å². The van der Waals surface area contributed by atoms with Crippen LogP contribution in [0.2, 0.25) is 5.02 Å². The number of halogens is 1. The Kier molecular flexibility index (Phi) is 4.33. The van der Waals surface area contributed by atoms with E-state index in [0.29, 0.717) is 10.7 Å². The van der Waals surface area contributed by atoms with E-state index in [1.807, 2.05) is 0 Å². The number of rotatable bonds is 4. The molecule has 0 bridgehead atoms. The van der Waals surface area contributed by atoms with Gasteiger partial charge in [0, 0.05) is 22.8 Å². The highest BCUT2D eigenvalue weighted by atomic mass is 35.5. The van der Waals surface area contributed by atoms with Crippen LogP contribution in [0.25, 0.3) is 0 Å². The van der Waals surface area contributed by atoms with Gasteiger partial charge in [0.2, 0.25) is 10.0 Å². The maximum atomic E-state index is 11.6. The van der Waals surface area contributed by atoms with E-state index in [9.17, 15) is 13.2 Å². The summed E-state index contributed by atoms with van der Waals surface area (Å²) in [7, 11) is -3.58. The van der Waals surface area contributed by atoms with Gasteiger partial charge in [-0.2, -0.15) is 0 Å². The molecule has 5 N–H and O–H groups in total. The molecule has 94 valence electrons. The summed E-state index contributed by atoms with van der Waals surface area (Å²) < 4.78 is 21.3. The Labute approximate surface area is 104 Å². The van der Waals surface area contributed by atoms with Gasteiger partial charge in [-0.05, 0) is 18.2 Å². The number of nitrogens with one attached hydrogen (secondary N) is 1. The van der Waals surface area contributed by atoms with E-state index in [-0.39, 0.29) is 17.9 Å². The van der Waals surface area contributed by atoms with Crippen LogP contribution >= 0.6 is 11.6 Å². The average Bonchev–Trinajstić information content (AvgIpc) is 2.13. The quantitative estimate of drug-likeness (QED) is 0.669. The summed E-state index contributed by atoms with van der Waals surface area (Å²) in [6.07, 6.45) is 0. The van der Waals surface area contributed by atoms with Crippen molar-refractivity contribution in [3.63, 3.8) is 0 Å². The molecule has 0 heterocycles. The Morgan fingerprint density at radius 1 is 1.35 bits per heavy atom. The Balaban J connectivity index is 2.64. The third-order valence-electron chi connectivity index (χ3n) is 1.85. The van der Waals surface area contributed by atoms with Gasteiger partial charge in [-0.25, -0.2) is 13.6 Å². The molecule has 1 aromatic rings. The molecule has 0 saturated carbocycles. The molecule has 1 rings (SSSR count). The van der Waals surface area contributed by atoms with Crippen LogP contribution in [-0.4, -0.2) is 26.6 Å². The molecule has 0 aliphatic carbocycles. The Hall–Kier alpha value is -1.31. The third-order valence-corrected chi connectivity index (χ3v) is 2.85. The molecule has 0 atom stereocenters. The number of primary sulfonamides is 1. The van der Waals surface area contributed by atoms with E-state index in [1.54, 1.807) is 0 Å². The molecule has 17 heavy (non-hydrogen) atoms. The van der Waals surface area contributed by atoms with Crippen molar-refractivity contribution >= 4 is 33.2 Å². The number of benzene rings is 1. The monoisotopic (exact) mass is 277 g/mol. The van der Waals surface area contributed by atoms with Crippen LogP contribution in [0.5, 0.6) is 0 Å². The number of carbonyl (C=O) groups excluding carboxylic acids is 1. The Morgan fingerprint density at radius 3 is 2.53 bits per heavy atom.